The van der Waals surface area contributed by atoms with Gasteiger partial charge in [0.25, 0.3) is 0 Å². The molecule has 3 rings (SSSR count). The Morgan fingerprint density at radius 3 is 2.67 bits per heavy atom. The van der Waals surface area contributed by atoms with E-state index in [2.05, 4.69) is 15.3 Å². The Morgan fingerprint density at radius 2 is 2.00 bits per heavy atom. The SMILES string of the molecule is Cc1cccc(Nc2nc(C)cc(N(C)C3CCS(=O)(=O)C3)n2)c1. The van der Waals surface area contributed by atoms with Crippen LogP contribution in [0.3, 0.4) is 0 Å². The van der Waals surface area contributed by atoms with Gasteiger partial charge in [-0.3, -0.25) is 0 Å². The van der Waals surface area contributed by atoms with Crippen LogP contribution in [0.25, 0.3) is 0 Å². The molecule has 1 aromatic heterocycles. The van der Waals surface area contributed by atoms with Gasteiger partial charge < -0.3 is 10.2 Å². The summed E-state index contributed by atoms with van der Waals surface area (Å²) in [5.41, 5.74) is 2.92. The van der Waals surface area contributed by atoms with Crippen LogP contribution in [0.1, 0.15) is 17.7 Å². The molecule has 2 heterocycles. The van der Waals surface area contributed by atoms with Gasteiger partial charge in [-0.15, -0.1) is 0 Å². The molecular weight excluding hydrogens is 324 g/mol. The summed E-state index contributed by atoms with van der Waals surface area (Å²) in [6.07, 6.45) is 0.641. The van der Waals surface area contributed by atoms with Gasteiger partial charge in [-0.25, -0.2) is 13.4 Å². The van der Waals surface area contributed by atoms with Gasteiger partial charge >= 0.3 is 0 Å². The number of hydrogen-bond acceptors (Lipinski definition) is 6. The highest BCUT2D eigenvalue weighted by Gasteiger charge is 2.31. The Hall–Kier alpha value is -2.15. The Bertz CT molecular complexity index is 851. The summed E-state index contributed by atoms with van der Waals surface area (Å²) < 4.78 is 23.4. The van der Waals surface area contributed by atoms with Crippen LogP contribution < -0.4 is 10.2 Å². The van der Waals surface area contributed by atoms with Gasteiger partial charge in [0.15, 0.2) is 9.84 Å². The van der Waals surface area contributed by atoms with Crippen molar-refractivity contribution in [2.24, 2.45) is 0 Å². The molecule has 0 radical (unpaired) electrons. The largest absolute Gasteiger partial charge is 0.355 e. The van der Waals surface area contributed by atoms with Crippen LogP contribution in [0.2, 0.25) is 0 Å². The highest BCUT2D eigenvalue weighted by Crippen LogP contribution is 2.24. The topological polar surface area (TPSA) is 75.2 Å². The van der Waals surface area contributed by atoms with Gasteiger partial charge in [0, 0.05) is 30.5 Å². The van der Waals surface area contributed by atoms with Gasteiger partial charge in [-0.2, -0.15) is 4.98 Å². The summed E-state index contributed by atoms with van der Waals surface area (Å²) in [4.78, 5) is 10.9. The highest BCUT2D eigenvalue weighted by atomic mass is 32.2. The Morgan fingerprint density at radius 1 is 1.21 bits per heavy atom. The Labute approximate surface area is 142 Å². The molecule has 0 amide bonds. The second-order valence-corrected chi connectivity index (χ2v) is 8.58. The van der Waals surface area contributed by atoms with Crippen LogP contribution in [0.5, 0.6) is 0 Å². The number of rotatable bonds is 4. The number of nitrogens with one attached hydrogen (secondary N) is 1. The van der Waals surface area contributed by atoms with Crippen molar-refractivity contribution in [2.45, 2.75) is 26.3 Å². The van der Waals surface area contributed by atoms with Crippen LogP contribution in [0, 0.1) is 13.8 Å². The molecular formula is C17H22N4O2S. The van der Waals surface area contributed by atoms with E-state index in [0.29, 0.717) is 12.4 Å². The normalized spacial score (nSPS) is 19.2. The molecule has 0 spiro atoms. The number of nitrogens with zero attached hydrogens (tertiary/aromatic N) is 3. The third-order valence-electron chi connectivity index (χ3n) is 4.23. The lowest BCUT2D eigenvalue weighted by molar-refractivity contribution is 0.600. The first-order valence-corrected chi connectivity index (χ1v) is 9.77. The summed E-state index contributed by atoms with van der Waals surface area (Å²) in [6.45, 7) is 3.94. The first kappa shape index (κ1) is 16.7. The standard InChI is InChI=1S/C17H22N4O2S/c1-12-5-4-6-14(9-12)19-17-18-13(2)10-16(20-17)21(3)15-7-8-24(22,23)11-15/h4-6,9-10,15H,7-8,11H2,1-3H3,(H,18,19,20). The molecule has 24 heavy (non-hydrogen) atoms. The maximum atomic E-state index is 11.7. The zero-order chi connectivity index (χ0) is 17.3. The first-order valence-electron chi connectivity index (χ1n) is 7.95. The van der Waals surface area contributed by atoms with Crippen molar-refractivity contribution in [2.75, 3.05) is 28.8 Å². The molecule has 1 aliphatic rings. The number of aryl methyl sites for hydroxylation is 2. The molecule has 7 heteroatoms. The van der Waals surface area contributed by atoms with E-state index in [1.165, 1.54) is 0 Å². The zero-order valence-corrected chi connectivity index (χ0v) is 15.0. The average Bonchev–Trinajstić information content (AvgIpc) is 2.86. The summed E-state index contributed by atoms with van der Waals surface area (Å²) >= 11 is 0. The van der Waals surface area contributed by atoms with E-state index in [4.69, 9.17) is 0 Å². The lowest BCUT2D eigenvalue weighted by Gasteiger charge is -2.25. The monoisotopic (exact) mass is 346 g/mol. The van der Waals surface area contributed by atoms with Crippen LogP contribution in [0.15, 0.2) is 30.3 Å². The minimum atomic E-state index is -2.92. The minimum Gasteiger partial charge on any atom is -0.355 e. The van der Waals surface area contributed by atoms with E-state index in [0.717, 1.165) is 22.8 Å². The molecule has 1 saturated heterocycles. The van der Waals surface area contributed by atoms with Crippen molar-refractivity contribution in [3.63, 3.8) is 0 Å². The Kier molecular flexibility index (Phi) is 4.45. The second-order valence-electron chi connectivity index (χ2n) is 6.35. The fraction of sp³-hybridized carbons (Fsp3) is 0.412. The smallest absolute Gasteiger partial charge is 0.229 e. The summed E-state index contributed by atoms with van der Waals surface area (Å²) in [7, 11) is -1.03. The van der Waals surface area contributed by atoms with E-state index in [9.17, 15) is 8.42 Å². The second kappa shape index (κ2) is 6.39. The number of anilines is 3. The van der Waals surface area contributed by atoms with Crippen molar-refractivity contribution in [1.29, 1.82) is 0 Å². The fourth-order valence-electron chi connectivity index (χ4n) is 2.91. The van der Waals surface area contributed by atoms with Crippen LogP contribution >= 0.6 is 0 Å². The maximum absolute atomic E-state index is 11.7. The molecule has 0 bridgehead atoms. The Balaban J connectivity index is 1.83. The van der Waals surface area contributed by atoms with Gasteiger partial charge in [0.05, 0.1) is 11.5 Å². The lowest BCUT2D eigenvalue weighted by Crippen LogP contribution is -2.33. The van der Waals surface area contributed by atoms with Gasteiger partial charge in [0.2, 0.25) is 5.95 Å². The molecule has 1 unspecified atom stereocenters. The molecule has 2 aromatic rings. The molecule has 6 nitrogen and oxygen atoms in total. The van der Waals surface area contributed by atoms with Crippen LogP contribution in [-0.4, -0.2) is 43.0 Å². The molecule has 1 N–H and O–H groups in total. The zero-order valence-electron chi connectivity index (χ0n) is 14.2. The van der Waals surface area contributed by atoms with Gasteiger partial charge in [0.1, 0.15) is 5.82 Å². The molecule has 1 atom stereocenters. The predicted molar refractivity (Wildman–Crippen MR) is 96.7 cm³/mol. The van der Waals surface area contributed by atoms with Crippen molar-refractivity contribution in [3.8, 4) is 0 Å². The predicted octanol–water partition coefficient (Wildman–Crippen LogP) is 2.46. The summed E-state index contributed by atoms with van der Waals surface area (Å²) in [6, 6.07) is 9.85. The quantitative estimate of drug-likeness (QED) is 0.916. The molecule has 0 aliphatic carbocycles. The van der Waals surface area contributed by atoms with E-state index < -0.39 is 9.84 Å². The number of hydrogen-bond donors (Lipinski definition) is 1. The molecule has 0 saturated carbocycles. The van der Waals surface area contributed by atoms with Crippen LogP contribution in [-0.2, 0) is 9.84 Å². The molecule has 1 aromatic carbocycles. The van der Waals surface area contributed by atoms with E-state index in [-0.39, 0.29) is 17.5 Å². The van der Waals surface area contributed by atoms with E-state index in [1.54, 1.807) is 0 Å². The molecule has 1 aliphatic heterocycles. The van der Waals surface area contributed by atoms with E-state index >= 15 is 0 Å². The van der Waals surface area contributed by atoms with Gasteiger partial charge in [-0.1, -0.05) is 12.1 Å². The van der Waals surface area contributed by atoms with Crippen molar-refractivity contribution in [1.82, 2.24) is 9.97 Å². The minimum absolute atomic E-state index is 0.0314. The third kappa shape index (κ3) is 3.84. The molecule has 1 fully saturated rings. The van der Waals surface area contributed by atoms with E-state index in [1.807, 2.05) is 56.1 Å². The summed E-state index contributed by atoms with van der Waals surface area (Å²) in [5.74, 6) is 1.69. The first-order chi connectivity index (χ1) is 11.3. The number of benzene rings is 1. The average molecular weight is 346 g/mol. The highest BCUT2D eigenvalue weighted by molar-refractivity contribution is 7.91. The lowest BCUT2D eigenvalue weighted by atomic mass is 10.2. The van der Waals surface area contributed by atoms with Crippen LogP contribution in [0.4, 0.5) is 17.5 Å². The number of sulfone groups is 1. The van der Waals surface area contributed by atoms with Crippen molar-refractivity contribution < 1.29 is 8.42 Å². The van der Waals surface area contributed by atoms with Crippen molar-refractivity contribution in [3.05, 3.63) is 41.6 Å². The van der Waals surface area contributed by atoms with Gasteiger partial charge in [-0.05, 0) is 38.0 Å². The third-order valence-corrected chi connectivity index (χ3v) is 5.98. The summed E-state index contributed by atoms with van der Waals surface area (Å²) in [5, 5.41) is 3.22. The molecule has 128 valence electrons. The number of aromatic nitrogens is 2. The van der Waals surface area contributed by atoms with Crippen molar-refractivity contribution >= 4 is 27.3 Å². The maximum Gasteiger partial charge on any atom is 0.229 e. The fourth-order valence-corrected chi connectivity index (χ4v) is 4.68.